The standard InChI is InChI=1S/C25H50O5/c1-2-3-4-5-6-7-8-9-10-11-12-13-14-15-16-17-18-19-29-23(20-26)25-24(28)22(27)21-30-25/h22-28H,2-21H2,1H3/t22-,23+,24+,25+/m1/s1. The third-order valence-electron chi connectivity index (χ3n) is 6.32. The van der Waals surface area contributed by atoms with Gasteiger partial charge in [0, 0.05) is 6.61 Å². The molecule has 1 rings (SSSR count). The summed E-state index contributed by atoms with van der Waals surface area (Å²) < 4.78 is 11.0. The molecule has 4 atom stereocenters. The summed E-state index contributed by atoms with van der Waals surface area (Å²) in [5.41, 5.74) is 0. The Balaban J connectivity index is 1.79. The molecule has 0 amide bonds. The fourth-order valence-corrected chi connectivity index (χ4v) is 4.27. The highest BCUT2D eigenvalue weighted by molar-refractivity contribution is 4.88. The Hall–Kier alpha value is -0.200. The Kier molecular flexibility index (Phi) is 18.1. The van der Waals surface area contributed by atoms with Crippen LogP contribution < -0.4 is 0 Å². The summed E-state index contributed by atoms with van der Waals surface area (Å²) in [5, 5.41) is 28.8. The summed E-state index contributed by atoms with van der Waals surface area (Å²) in [4.78, 5) is 0. The summed E-state index contributed by atoms with van der Waals surface area (Å²) >= 11 is 0. The smallest absolute Gasteiger partial charge is 0.114 e. The van der Waals surface area contributed by atoms with Crippen LogP contribution >= 0.6 is 0 Å². The van der Waals surface area contributed by atoms with E-state index in [9.17, 15) is 15.3 Å². The van der Waals surface area contributed by atoms with Crippen molar-refractivity contribution in [2.75, 3.05) is 19.8 Å². The molecule has 0 unspecified atom stereocenters. The van der Waals surface area contributed by atoms with Crippen molar-refractivity contribution in [2.24, 2.45) is 0 Å². The van der Waals surface area contributed by atoms with Crippen molar-refractivity contribution < 1.29 is 24.8 Å². The molecule has 1 saturated heterocycles. The van der Waals surface area contributed by atoms with Gasteiger partial charge in [-0.25, -0.2) is 0 Å². The van der Waals surface area contributed by atoms with Crippen LogP contribution in [0.4, 0.5) is 0 Å². The van der Waals surface area contributed by atoms with Gasteiger partial charge in [0.1, 0.15) is 24.4 Å². The van der Waals surface area contributed by atoms with Gasteiger partial charge in [-0.1, -0.05) is 110 Å². The van der Waals surface area contributed by atoms with Crippen molar-refractivity contribution in [1.29, 1.82) is 0 Å². The van der Waals surface area contributed by atoms with Gasteiger partial charge in [-0.15, -0.1) is 0 Å². The van der Waals surface area contributed by atoms with Gasteiger partial charge in [0.15, 0.2) is 0 Å². The Morgan fingerprint density at radius 1 is 0.733 bits per heavy atom. The predicted molar refractivity (Wildman–Crippen MR) is 123 cm³/mol. The van der Waals surface area contributed by atoms with Gasteiger partial charge >= 0.3 is 0 Å². The molecule has 0 aliphatic carbocycles. The van der Waals surface area contributed by atoms with Gasteiger partial charge in [0.2, 0.25) is 0 Å². The van der Waals surface area contributed by atoms with E-state index in [4.69, 9.17) is 9.47 Å². The lowest BCUT2D eigenvalue weighted by Crippen LogP contribution is -2.42. The van der Waals surface area contributed by atoms with Gasteiger partial charge in [-0.05, 0) is 6.42 Å². The first-order valence-electron chi connectivity index (χ1n) is 12.9. The Labute approximate surface area is 185 Å². The van der Waals surface area contributed by atoms with Crippen LogP contribution in [-0.2, 0) is 9.47 Å². The summed E-state index contributed by atoms with van der Waals surface area (Å²) in [5.74, 6) is 0. The molecule has 1 aliphatic heterocycles. The van der Waals surface area contributed by atoms with E-state index in [1.807, 2.05) is 0 Å². The highest BCUT2D eigenvalue weighted by Crippen LogP contribution is 2.20. The third kappa shape index (κ3) is 13.3. The van der Waals surface area contributed by atoms with Crippen LogP contribution in [0.15, 0.2) is 0 Å². The normalized spacial score (nSPS) is 22.6. The van der Waals surface area contributed by atoms with E-state index in [0.717, 1.165) is 12.8 Å². The molecular formula is C25H50O5. The second-order valence-corrected chi connectivity index (χ2v) is 9.10. The molecule has 1 aliphatic rings. The zero-order chi connectivity index (χ0) is 21.9. The number of hydrogen-bond acceptors (Lipinski definition) is 5. The van der Waals surface area contributed by atoms with Crippen LogP contribution in [0, 0.1) is 0 Å². The minimum Gasteiger partial charge on any atom is -0.394 e. The molecule has 0 aromatic carbocycles. The summed E-state index contributed by atoms with van der Waals surface area (Å²) in [6, 6.07) is 0. The predicted octanol–water partition coefficient (Wildman–Crippen LogP) is 5.14. The van der Waals surface area contributed by atoms with E-state index in [-0.39, 0.29) is 13.2 Å². The van der Waals surface area contributed by atoms with Crippen molar-refractivity contribution in [1.82, 2.24) is 0 Å². The molecular weight excluding hydrogens is 380 g/mol. The molecule has 0 aromatic heterocycles. The Morgan fingerprint density at radius 3 is 1.53 bits per heavy atom. The van der Waals surface area contributed by atoms with Crippen LogP contribution in [0.2, 0.25) is 0 Å². The molecule has 0 spiro atoms. The molecule has 5 nitrogen and oxygen atoms in total. The molecule has 1 heterocycles. The topological polar surface area (TPSA) is 79.2 Å². The summed E-state index contributed by atoms with van der Waals surface area (Å²) in [6.45, 7) is 2.74. The SMILES string of the molecule is CCCCCCCCCCCCCCCCCCCO[C@@H](CO)[C@@H]1OC[C@@H](O)[C@@H]1O. The first kappa shape index (κ1) is 27.8. The number of aliphatic hydroxyl groups excluding tert-OH is 3. The Bertz CT molecular complexity index is 365. The van der Waals surface area contributed by atoms with Crippen LogP contribution in [-0.4, -0.2) is 59.6 Å². The third-order valence-corrected chi connectivity index (χ3v) is 6.32. The van der Waals surface area contributed by atoms with Crippen LogP contribution in [0.1, 0.15) is 116 Å². The molecule has 3 N–H and O–H groups in total. The van der Waals surface area contributed by atoms with Crippen molar-refractivity contribution in [3.8, 4) is 0 Å². The van der Waals surface area contributed by atoms with Gasteiger partial charge in [0.25, 0.3) is 0 Å². The van der Waals surface area contributed by atoms with Crippen molar-refractivity contribution in [3.05, 3.63) is 0 Å². The van der Waals surface area contributed by atoms with Crippen molar-refractivity contribution in [2.45, 2.75) is 140 Å². The second kappa shape index (κ2) is 19.5. The maximum absolute atomic E-state index is 9.84. The molecule has 0 radical (unpaired) electrons. The average molecular weight is 431 g/mol. The van der Waals surface area contributed by atoms with Crippen LogP contribution in [0.3, 0.4) is 0 Å². The molecule has 0 aromatic rings. The summed E-state index contributed by atoms with van der Waals surface area (Å²) in [7, 11) is 0. The van der Waals surface area contributed by atoms with Crippen LogP contribution in [0.5, 0.6) is 0 Å². The van der Waals surface area contributed by atoms with Crippen molar-refractivity contribution >= 4 is 0 Å². The lowest BCUT2D eigenvalue weighted by atomic mass is 10.0. The first-order valence-corrected chi connectivity index (χ1v) is 12.9. The lowest BCUT2D eigenvalue weighted by Gasteiger charge is -2.24. The Morgan fingerprint density at radius 2 is 1.17 bits per heavy atom. The number of unbranched alkanes of at least 4 members (excludes halogenated alkanes) is 16. The number of aliphatic hydroxyl groups is 3. The maximum Gasteiger partial charge on any atom is 0.114 e. The monoisotopic (exact) mass is 430 g/mol. The average Bonchev–Trinajstić information content (AvgIpc) is 3.08. The quantitative estimate of drug-likeness (QED) is 0.220. The number of rotatable bonds is 21. The van der Waals surface area contributed by atoms with E-state index >= 15 is 0 Å². The van der Waals surface area contributed by atoms with E-state index in [1.54, 1.807) is 0 Å². The number of ether oxygens (including phenoxy) is 2. The molecule has 180 valence electrons. The minimum absolute atomic E-state index is 0.102. The minimum atomic E-state index is -0.974. The highest BCUT2D eigenvalue weighted by Gasteiger charge is 2.40. The molecule has 0 saturated carbocycles. The van der Waals surface area contributed by atoms with Gasteiger partial charge in [-0.2, -0.15) is 0 Å². The lowest BCUT2D eigenvalue weighted by molar-refractivity contribution is -0.101. The first-order chi connectivity index (χ1) is 14.7. The number of hydrogen-bond donors (Lipinski definition) is 3. The largest absolute Gasteiger partial charge is 0.394 e. The highest BCUT2D eigenvalue weighted by atomic mass is 16.6. The molecule has 0 bridgehead atoms. The molecule has 1 fully saturated rings. The fraction of sp³-hybridized carbons (Fsp3) is 1.00. The van der Waals surface area contributed by atoms with E-state index in [0.29, 0.717) is 6.61 Å². The zero-order valence-electron chi connectivity index (χ0n) is 19.6. The second-order valence-electron chi connectivity index (χ2n) is 9.10. The van der Waals surface area contributed by atoms with Crippen molar-refractivity contribution in [3.63, 3.8) is 0 Å². The van der Waals surface area contributed by atoms with E-state index < -0.39 is 24.4 Å². The maximum atomic E-state index is 9.84. The zero-order valence-corrected chi connectivity index (χ0v) is 19.6. The van der Waals surface area contributed by atoms with E-state index in [1.165, 1.54) is 96.3 Å². The molecule has 30 heavy (non-hydrogen) atoms. The van der Waals surface area contributed by atoms with Gasteiger partial charge in [0.05, 0.1) is 13.2 Å². The van der Waals surface area contributed by atoms with Gasteiger partial charge in [-0.3, -0.25) is 0 Å². The fourth-order valence-electron chi connectivity index (χ4n) is 4.27. The molecule has 5 heteroatoms. The van der Waals surface area contributed by atoms with Gasteiger partial charge < -0.3 is 24.8 Å². The van der Waals surface area contributed by atoms with Crippen LogP contribution in [0.25, 0.3) is 0 Å². The summed E-state index contributed by atoms with van der Waals surface area (Å²) in [6.07, 6.45) is 19.8. The van der Waals surface area contributed by atoms with E-state index in [2.05, 4.69) is 6.92 Å².